The molecule has 0 aliphatic rings. The number of ether oxygens (including phenoxy) is 1. The van der Waals surface area contributed by atoms with E-state index in [1.807, 2.05) is 0 Å². The number of imide groups is 1. The van der Waals surface area contributed by atoms with Crippen molar-refractivity contribution >= 4 is 35.3 Å². The van der Waals surface area contributed by atoms with Gasteiger partial charge in [0.2, 0.25) is 5.91 Å². The Labute approximate surface area is 160 Å². The third-order valence-corrected chi connectivity index (χ3v) is 4.72. The second-order valence-electron chi connectivity index (χ2n) is 5.31. The number of hydrogen-bond acceptors (Lipinski definition) is 6. The van der Waals surface area contributed by atoms with Crippen LogP contribution in [0, 0.1) is 0 Å². The van der Waals surface area contributed by atoms with Gasteiger partial charge in [-0.1, -0.05) is 23.4 Å². The maximum absolute atomic E-state index is 12.0. The number of amides is 3. The summed E-state index contributed by atoms with van der Waals surface area (Å²) in [5.41, 5.74) is 0. The molecule has 8 nitrogen and oxygen atoms in total. The first-order valence-corrected chi connectivity index (χ1v) is 9.18. The molecule has 0 fully saturated rings. The SMILES string of the molecule is CCNC(=O)NC(=O)[C@@H](C)Sc1nnc(COc2ccc(Cl)cc2)n1C. The lowest BCUT2D eigenvalue weighted by Crippen LogP contribution is -2.42. The molecule has 1 aromatic carbocycles. The molecule has 1 heterocycles. The van der Waals surface area contributed by atoms with Crippen molar-refractivity contribution in [3.05, 3.63) is 35.1 Å². The summed E-state index contributed by atoms with van der Waals surface area (Å²) in [5.74, 6) is 0.878. The molecule has 0 bridgehead atoms. The smallest absolute Gasteiger partial charge is 0.321 e. The van der Waals surface area contributed by atoms with Crippen LogP contribution in [0.1, 0.15) is 19.7 Å². The van der Waals surface area contributed by atoms with Crippen LogP contribution < -0.4 is 15.4 Å². The van der Waals surface area contributed by atoms with Crippen LogP contribution in [0.2, 0.25) is 5.02 Å². The number of nitrogens with zero attached hydrogens (tertiary/aromatic N) is 3. The highest BCUT2D eigenvalue weighted by Gasteiger charge is 2.20. The van der Waals surface area contributed by atoms with Crippen molar-refractivity contribution in [1.82, 2.24) is 25.4 Å². The summed E-state index contributed by atoms with van der Waals surface area (Å²) in [4.78, 5) is 23.4. The van der Waals surface area contributed by atoms with Crippen molar-refractivity contribution in [2.45, 2.75) is 30.9 Å². The molecule has 0 spiro atoms. The van der Waals surface area contributed by atoms with Gasteiger partial charge in [-0.05, 0) is 38.1 Å². The predicted molar refractivity (Wildman–Crippen MR) is 99.3 cm³/mol. The molecule has 0 saturated heterocycles. The number of rotatable bonds is 7. The van der Waals surface area contributed by atoms with Crippen molar-refractivity contribution < 1.29 is 14.3 Å². The van der Waals surface area contributed by atoms with E-state index in [0.29, 0.717) is 28.3 Å². The second kappa shape index (κ2) is 9.44. The number of thioether (sulfide) groups is 1. The second-order valence-corrected chi connectivity index (χ2v) is 7.05. The Balaban J connectivity index is 1.92. The first-order valence-electron chi connectivity index (χ1n) is 7.92. The molecular formula is C16H20ClN5O3S. The van der Waals surface area contributed by atoms with Crippen LogP contribution in [0.4, 0.5) is 4.79 Å². The van der Waals surface area contributed by atoms with E-state index in [-0.39, 0.29) is 6.61 Å². The quantitative estimate of drug-likeness (QED) is 0.696. The van der Waals surface area contributed by atoms with Crippen molar-refractivity contribution in [3.63, 3.8) is 0 Å². The molecule has 0 radical (unpaired) electrons. The van der Waals surface area contributed by atoms with Crippen LogP contribution in [0.3, 0.4) is 0 Å². The first-order chi connectivity index (χ1) is 12.4. The highest BCUT2D eigenvalue weighted by atomic mass is 35.5. The van der Waals surface area contributed by atoms with Crippen LogP contribution >= 0.6 is 23.4 Å². The summed E-state index contributed by atoms with van der Waals surface area (Å²) in [6.45, 7) is 4.14. The zero-order valence-electron chi connectivity index (χ0n) is 14.7. The van der Waals surface area contributed by atoms with E-state index >= 15 is 0 Å². The number of hydrogen-bond donors (Lipinski definition) is 2. The molecule has 0 aliphatic carbocycles. The molecule has 0 saturated carbocycles. The molecule has 2 N–H and O–H groups in total. The van der Waals surface area contributed by atoms with Gasteiger partial charge in [-0.25, -0.2) is 4.79 Å². The van der Waals surface area contributed by atoms with E-state index in [2.05, 4.69) is 20.8 Å². The summed E-state index contributed by atoms with van der Waals surface area (Å²) in [6.07, 6.45) is 0. The summed E-state index contributed by atoms with van der Waals surface area (Å²) >= 11 is 7.05. The van der Waals surface area contributed by atoms with Crippen LogP contribution in [-0.4, -0.2) is 38.5 Å². The third kappa shape index (κ3) is 5.63. The minimum atomic E-state index is -0.514. The number of aromatic nitrogens is 3. The fourth-order valence-electron chi connectivity index (χ4n) is 1.88. The molecular weight excluding hydrogens is 378 g/mol. The number of nitrogens with one attached hydrogen (secondary N) is 2. The molecule has 0 aliphatic heterocycles. The number of benzene rings is 1. The van der Waals surface area contributed by atoms with Crippen LogP contribution in [0.25, 0.3) is 0 Å². The van der Waals surface area contributed by atoms with Crippen molar-refractivity contribution in [3.8, 4) is 5.75 Å². The zero-order chi connectivity index (χ0) is 19.1. The topological polar surface area (TPSA) is 98.1 Å². The fraction of sp³-hybridized carbons (Fsp3) is 0.375. The maximum atomic E-state index is 12.0. The van der Waals surface area contributed by atoms with Gasteiger partial charge in [0.05, 0.1) is 5.25 Å². The Hall–Kier alpha value is -2.26. The Morgan fingerprint density at radius 2 is 2.00 bits per heavy atom. The van der Waals surface area contributed by atoms with E-state index in [0.717, 1.165) is 0 Å². The van der Waals surface area contributed by atoms with E-state index in [1.165, 1.54) is 11.8 Å². The molecule has 1 aromatic heterocycles. The molecule has 3 amide bonds. The Morgan fingerprint density at radius 1 is 1.31 bits per heavy atom. The van der Waals surface area contributed by atoms with Gasteiger partial charge in [-0.3, -0.25) is 10.1 Å². The lowest BCUT2D eigenvalue weighted by Gasteiger charge is -2.11. The fourth-order valence-corrected chi connectivity index (χ4v) is 2.84. The van der Waals surface area contributed by atoms with Crippen molar-refractivity contribution in [1.29, 1.82) is 0 Å². The van der Waals surface area contributed by atoms with E-state index in [1.54, 1.807) is 49.7 Å². The summed E-state index contributed by atoms with van der Waals surface area (Å²) in [7, 11) is 1.79. The Bertz CT molecular complexity index is 766. The normalized spacial score (nSPS) is 11.7. The summed E-state index contributed by atoms with van der Waals surface area (Å²) in [5, 5.41) is 13.6. The molecule has 10 heteroatoms. The van der Waals surface area contributed by atoms with E-state index in [4.69, 9.17) is 16.3 Å². The highest BCUT2D eigenvalue weighted by molar-refractivity contribution is 8.00. The van der Waals surface area contributed by atoms with Gasteiger partial charge < -0.3 is 14.6 Å². The molecule has 2 aromatic rings. The largest absolute Gasteiger partial charge is 0.486 e. The minimum absolute atomic E-state index is 0.227. The van der Waals surface area contributed by atoms with E-state index < -0.39 is 17.2 Å². The molecule has 2 rings (SSSR count). The van der Waals surface area contributed by atoms with Gasteiger partial charge in [0.15, 0.2) is 11.0 Å². The Kier molecular flexibility index (Phi) is 7.28. The lowest BCUT2D eigenvalue weighted by atomic mass is 10.3. The van der Waals surface area contributed by atoms with Crippen molar-refractivity contribution in [2.75, 3.05) is 6.54 Å². The standard InChI is InChI=1S/C16H20ClN5O3S/c1-4-18-15(24)19-14(23)10(2)26-16-21-20-13(22(16)3)9-25-12-7-5-11(17)6-8-12/h5-8,10H,4,9H2,1-3H3,(H2,18,19,23,24)/t10-/m1/s1. The molecule has 0 unspecified atom stereocenters. The molecule has 26 heavy (non-hydrogen) atoms. The monoisotopic (exact) mass is 397 g/mol. The first kappa shape index (κ1) is 20.1. The van der Waals surface area contributed by atoms with Crippen LogP contribution in [-0.2, 0) is 18.4 Å². The van der Waals surface area contributed by atoms with Crippen LogP contribution in [0.15, 0.2) is 29.4 Å². The summed E-state index contributed by atoms with van der Waals surface area (Å²) in [6, 6.07) is 6.50. The average molecular weight is 398 g/mol. The number of halogens is 1. The van der Waals surface area contributed by atoms with Crippen LogP contribution in [0.5, 0.6) is 5.75 Å². The van der Waals surface area contributed by atoms with Crippen molar-refractivity contribution in [2.24, 2.45) is 7.05 Å². The lowest BCUT2D eigenvalue weighted by molar-refractivity contribution is -0.119. The highest BCUT2D eigenvalue weighted by Crippen LogP contribution is 2.22. The zero-order valence-corrected chi connectivity index (χ0v) is 16.2. The van der Waals surface area contributed by atoms with Gasteiger partial charge in [-0.15, -0.1) is 10.2 Å². The number of carbonyl (C=O) groups excluding carboxylic acids is 2. The summed E-state index contributed by atoms with van der Waals surface area (Å²) < 4.78 is 7.40. The van der Waals surface area contributed by atoms with Gasteiger partial charge in [-0.2, -0.15) is 0 Å². The van der Waals surface area contributed by atoms with E-state index in [9.17, 15) is 9.59 Å². The minimum Gasteiger partial charge on any atom is -0.486 e. The van der Waals surface area contributed by atoms with Gasteiger partial charge in [0.25, 0.3) is 0 Å². The Morgan fingerprint density at radius 3 is 2.65 bits per heavy atom. The predicted octanol–water partition coefficient (Wildman–Crippen LogP) is 2.37. The molecule has 1 atom stereocenters. The van der Waals surface area contributed by atoms with Gasteiger partial charge in [0, 0.05) is 18.6 Å². The maximum Gasteiger partial charge on any atom is 0.321 e. The number of urea groups is 1. The third-order valence-electron chi connectivity index (χ3n) is 3.33. The van der Waals surface area contributed by atoms with Gasteiger partial charge in [0.1, 0.15) is 12.4 Å². The average Bonchev–Trinajstić information content (AvgIpc) is 2.94. The molecule has 140 valence electrons. The number of carbonyl (C=O) groups is 2. The van der Waals surface area contributed by atoms with Gasteiger partial charge >= 0.3 is 6.03 Å².